The number of nitrogens with two attached hydrogens (primary N) is 1. The van der Waals surface area contributed by atoms with Gasteiger partial charge in [-0.1, -0.05) is 0 Å². The third kappa shape index (κ3) is 3.75. The van der Waals surface area contributed by atoms with Crippen molar-refractivity contribution in [2.75, 3.05) is 6.54 Å². The van der Waals surface area contributed by atoms with E-state index < -0.39 is 17.5 Å². The molecule has 1 aromatic rings. The Morgan fingerprint density at radius 3 is 2.62 bits per heavy atom. The molecule has 0 fully saturated rings. The first kappa shape index (κ1) is 14.8. The third-order valence-electron chi connectivity index (χ3n) is 1.91. The van der Waals surface area contributed by atoms with Crippen molar-refractivity contribution in [3.63, 3.8) is 0 Å². The second kappa shape index (κ2) is 6.40. The third-order valence-corrected chi connectivity index (χ3v) is 1.91. The van der Waals surface area contributed by atoms with Gasteiger partial charge in [-0.3, -0.25) is 4.79 Å². The number of amides is 1. The van der Waals surface area contributed by atoms with Crippen LogP contribution in [-0.4, -0.2) is 18.5 Å². The molecule has 0 bridgehead atoms. The lowest BCUT2D eigenvalue weighted by Gasteiger charge is -2.11. The summed E-state index contributed by atoms with van der Waals surface area (Å²) in [5.41, 5.74) is 5.11. The SMILES string of the molecule is C[C@H](CN)NC(=O)c1ccc(F)cc1F.Cl. The topological polar surface area (TPSA) is 55.1 Å². The summed E-state index contributed by atoms with van der Waals surface area (Å²) in [6, 6.07) is 2.55. The Bertz CT molecular complexity index is 374. The van der Waals surface area contributed by atoms with Crippen LogP contribution in [0, 0.1) is 11.6 Å². The summed E-state index contributed by atoms with van der Waals surface area (Å²) < 4.78 is 25.7. The first-order valence-electron chi connectivity index (χ1n) is 4.50. The fourth-order valence-corrected chi connectivity index (χ4v) is 1.03. The van der Waals surface area contributed by atoms with Gasteiger partial charge in [0.05, 0.1) is 5.56 Å². The van der Waals surface area contributed by atoms with Crippen LogP contribution in [0.5, 0.6) is 0 Å². The minimum Gasteiger partial charge on any atom is -0.348 e. The minimum absolute atomic E-state index is 0. The van der Waals surface area contributed by atoms with Crippen molar-refractivity contribution in [1.82, 2.24) is 5.32 Å². The van der Waals surface area contributed by atoms with Gasteiger partial charge in [-0.15, -0.1) is 12.4 Å². The number of hydrogen-bond donors (Lipinski definition) is 2. The summed E-state index contributed by atoms with van der Waals surface area (Å²) in [7, 11) is 0. The molecule has 6 heteroatoms. The highest BCUT2D eigenvalue weighted by atomic mass is 35.5. The monoisotopic (exact) mass is 250 g/mol. The van der Waals surface area contributed by atoms with Crippen LogP contribution in [0.1, 0.15) is 17.3 Å². The van der Waals surface area contributed by atoms with Gasteiger partial charge >= 0.3 is 0 Å². The van der Waals surface area contributed by atoms with Gasteiger partial charge in [-0.25, -0.2) is 8.78 Å². The Kier molecular flexibility index (Phi) is 5.92. The van der Waals surface area contributed by atoms with E-state index in [-0.39, 0.29) is 30.6 Å². The quantitative estimate of drug-likeness (QED) is 0.854. The van der Waals surface area contributed by atoms with Crippen molar-refractivity contribution >= 4 is 18.3 Å². The maximum atomic E-state index is 13.1. The van der Waals surface area contributed by atoms with Gasteiger partial charge in [0.15, 0.2) is 0 Å². The van der Waals surface area contributed by atoms with Gasteiger partial charge in [0.1, 0.15) is 11.6 Å². The Morgan fingerprint density at radius 1 is 1.50 bits per heavy atom. The molecule has 0 saturated heterocycles. The molecule has 1 atom stereocenters. The molecule has 0 saturated carbocycles. The van der Waals surface area contributed by atoms with Gasteiger partial charge in [0.2, 0.25) is 0 Å². The summed E-state index contributed by atoms with van der Waals surface area (Å²) >= 11 is 0. The summed E-state index contributed by atoms with van der Waals surface area (Å²) in [6.45, 7) is 1.95. The lowest BCUT2D eigenvalue weighted by atomic mass is 10.2. The molecule has 0 unspecified atom stereocenters. The number of hydrogen-bond acceptors (Lipinski definition) is 2. The molecule has 90 valence electrons. The number of benzene rings is 1. The maximum absolute atomic E-state index is 13.1. The lowest BCUT2D eigenvalue weighted by molar-refractivity contribution is 0.0937. The van der Waals surface area contributed by atoms with E-state index in [1.54, 1.807) is 6.92 Å². The van der Waals surface area contributed by atoms with Gasteiger partial charge < -0.3 is 11.1 Å². The van der Waals surface area contributed by atoms with Crippen molar-refractivity contribution in [1.29, 1.82) is 0 Å². The van der Waals surface area contributed by atoms with Crippen molar-refractivity contribution in [2.24, 2.45) is 5.73 Å². The van der Waals surface area contributed by atoms with Crippen LogP contribution in [0.4, 0.5) is 8.78 Å². The molecule has 1 aromatic carbocycles. The van der Waals surface area contributed by atoms with Crippen LogP contribution in [0.15, 0.2) is 18.2 Å². The predicted octanol–water partition coefficient (Wildman–Crippen LogP) is 1.46. The fourth-order valence-electron chi connectivity index (χ4n) is 1.03. The number of carbonyl (C=O) groups excluding carboxylic acids is 1. The highest BCUT2D eigenvalue weighted by molar-refractivity contribution is 5.94. The van der Waals surface area contributed by atoms with E-state index >= 15 is 0 Å². The summed E-state index contributed by atoms with van der Waals surface area (Å²) in [5, 5.41) is 2.48. The van der Waals surface area contributed by atoms with Gasteiger partial charge in [-0.2, -0.15) is 0 Å². The summed E-state index contributed by atoms with van der Waals surface area (Å²) in [6.07, 6.45) is 0. The van der Waals surface area contributed by atoms with Crippen molar-refractivity contribution in [3.8, 4) is 0 Å². The molecule has 1 amide bonds. The van der Waals surface area contributed by atoms with E-state index in [2.05, 4.69) is 5.32 Å². The second-order valence-electron chi connectivity index (χ2n) is 3.23. The van der Waals surface area contributed by atoms with Gasteiger partial charge in [0.25, 0.3) is 5.91 Å². The number of rotatable bonds is 3. The zero-order valence-electron chi connectivity index (χ0n) is 8.67. The van der Waals surface area contributed by atoms with Crippen molar-refractivity contribution < 1.29 is 13.6 Å². The Balaban J connectivity index is 0.00000225. The van der Waals surface area contributed by atoms with Gasteiger partial charge in [-0.05, 0) is 19.1 Å². The molecule has 0 heterocycles. The van der Waals surface area contributed by atoms with E-state index in [1.165, 1.54) is 0 Å². The Morgan fingerprint density at radius 2 is 2.12 bits per heavy atom. The molecule has 1 rings (SSSR count). The highest BCUT2D eigenvalue weighted by Crippen LogP contribution is 2.09. The smallest absolute Gasteiger partial charge is 0.254 e. The van der Waals surface area contributed by atoms with Crippen LogP contribution in [0.3, 0.4) is 0 Å². The highest BCUT2D eigenvalue weighted by Gasteiger charge is 2.13. The zero-order chi connectivity index (χ0) is 11.4. The molecule has 3 N–H and O–H groups in total. The summed E-state index contributed by atoms with van der Waals surface area (Å²) in [4.78, 5) is 11.4. The van der Waals surface area contributed by atoms with Crippen LogP contribution < -0.4 is 11.1 Å². The average Bonchev–Trinajstić information content (AvgIpc) is 2.17. The maximum Gasteiger partial charge on any atom is 0.254 e. The molecule has 0 spiro atoms. The van der Waals surface area contributed by atoms with Crippen molar-refractivity contribution in [2.45, 2.75) is 13.0 Å². The lowest BCUT2D eigenvalue weighted by Crippen LogP contribution is -2.38. The molecular formula is C10H13ClF2N2O. The van der Waals surface area contributed by atoms with E-state index in [9.17, 15) is 13.6 Å². The Hall–Kier alpha value is -1.20. The average molecular weight is 251 g/mol. The molecule has 0 aliphatic carbocycles. The summed E-state index contributed by atoms with van der Waals surface area (Å²) in [5.74, 6) is -2.18. The first-order valence-corrected chi connectivity index (χ1v) is 4.50. The minimum atomic E-state index is -0.878. The van der Waals surface area contributed by atoms with E-state index in [4.69, 9.17) is 5.73 Å². The molecule has 0 aliphatic heterocycles. The molecule has 16 heavy (non-hydrogen) atoms. The largest absolute Gasteiger partial charge is 0.348 e. The van der Waals surface area contributed by atoms with E-state index in [1.807, 2.05) is 0 Å². The zero-order valence-corrected chi connectivity index (χ0v) is 9.48. The van der Waals surface area contributed by atoms with E-state index in [0.29, 0.717) is 6.07 Å². The first-order chi connectivity index (χ1) is 7.04. The molecular weight excluding hydrogens is 238 g/mol. The van der Waals surface area contributed by atoms with Crippen LogP contribution >= 0.6 is 12.4 Å². The van der Waals surface area contributed by atoms with Crippen LogP contribution in [-0.2, 0) is 0 Å². The van der Waals surface area contributed by atoms with E-state index in [0.717, 1.165) is 12.1 Å². The molecule has 0 aliphatic rings. The second-order valence-corrected chi connectivity index (χ2v) is 3.23. The predicted molar refractivity (Wildman–Crippen MR) is 59.6 cm³/mol. The van der Waals surface area contributed by atoms with Crippen molar-refractivity contribution in [3.05, 3.63) is 35.4 Å². The van der Waals surface area contributed by atoms with Gasteiger partial charge in [0, 0.05) is 18.7 Å². The normalized spacial score (nSPS) is 11.5. The van der Waals surface area contributed by atoms with Crippen LogP contribution in [0.2, 0.25) is 0 Å². The number of halogens is 3. The number of carbonyl (C=O) groups is 1. The number of nitrogens with one attached hydrogen (secondary N) is 1. The molecule has 0 aromatic heterocycles. The van der Waals surface area contributed by atoms with Crippen LogP contribution in [0.25, 0.3) is 0 Å². The molecule has 0 radical (unpaired) electrons. The fraction of sp³-hybridized carbons (Fsp3) is 0.300. The standard InChI is InChI=1S/C10H12F2N2O.ClH/c1-6(5-13)14-10(15)8-3-2-7(11)4-9(8)12;/h2-4,6H,5,13H2,1H3,(H,14,15);1H/t6-;/m1./s1. The molecule has 3 nitrogen and oxygen atoms in total. The Labute approximate surface area is 98.4 Å².